The summed E-state index contributed by atoms with van der Waals surface area (Å²) in [5.74, 6) is 0.159. The lowest BCUT2D eigenvalue weighted by atomic mass is 10.1. The fourth-order valence-electron chi connectivity index (χ4n) is 2.38. The van der Waals surface area contributed by atoms with Crippen molar-refractivity contribution in [1.29, 1.82) is 0 Å². The number of hydrogen-bond donors (Lipinski definition) is 2. The van der Waals surface area contributed by atoms with Crippen LogP contribution in [0.1, 0.15) is 43.4 Å². The van der Waals surface area contributed by atoms with E-state index in [0.29, 0.717) is 31.1 Å². The molecule has 0 spiro atoms. The number of aryl methyl sites for hydroxylation is 1. The first kappa shape index (κ1) is 14.6. The minimum absolute atomic E-state index is 0.108. The topological polar surface area (TPSA) is 76.0 Å². The summed E-state index contributed by atoms with van der Waals surface area (Å²) < 4.78 is 1.69. The molecule has 1 aromatic rings. The molecule has 2 N–H and O–H groups in total. The lowest BCUT2D eigenvalue weighted by molar-refractivity contribution is -0.120. The first-order chi connectivity index (χ1) is 9.51. The fraction of sp³-hybridized carbons (Fsp3) is 0.643. The molecule has 6 heteroatoms. The molecule has 1 fully saturated rings. The van der Waals surface area contributed by atoms with Gasteiger partial charge in [-0.05, 0) is 31.7 Å². The van der Waals surface area contributed by atoms with Gasteiger partial charge in [-0.3, -0.25) is 14.3 Å². The van der Waals surface area contributed by atoms with Crippen molar-refractivity contribution in [3.05, 3.63) is 17.5 Å². The van der Waals surface area contributed by atoms with Gasteiger partial charge in [-0.1, -0.05) is 13.8 Å². The molecule has 1 unspecified atom stereocenters. The monoisotopic (exact) mass is 278 g/mol. The van der Waals surface area contributed by atoms with Crippen LogP contribution in [0, 0.1) is 5.92 Å². The van der Waals surface area contributed by atoms with Gasteiger partial charge in [0.15, 0.2) is 0 Å². The summed E-state index contributed by atoms with van der Waals surface area (Å²) in [4.78, 5) is 23.8. The van der Waals surface area contributed by atoms with Gasteiger partial charge in [0.05, 0.1) is 5.69 Å². The van der Waals surface area contributed by atoms with E-state index in [1.807, 2.05) is 13.0 Å². The third-order valence-electron chi connectivity index (χ3n) is 3.33. The summed E-state index contributed by atoms with van der Waals surface area (Å²) in [5.41, 5.74) is 1.45. The lowest BCUT2D eigenvalue weighted by Gasteiger charge is -2.10. The number of nitrogens with zero attached hydrogens (tertiary/aromatic N) is 2. The highest BCUT2D eigenvalue weighted by Crippen LogP contribution is 2.11. The van der Waals surface area contributed by atoms with Crippen molar-refractivity contribution < 1.29 is 9.59 Å². The molecule has 1 aliphatic rings. The standard InChI is InChI=1S/C14H22N4O2/c1-4-18-12(8-10(17-18)7-9(2)3)14(20)16-11-5-6-15-13(11)19/h8-9,11H,4-7H2,1-3H3,(H,15,19)(H,16,20). The molecular weight excluding hydrogens is 256 g/mol. The van der Waals surface area contributed by atoms with Crippen LogP contribution in [0.2, 0.25) is 0 Å². The maximum Gasteiger partial charge on any atom is 0.270 e. The largest absolute Gasteiger partial charge is 0.354 e. The van der Waals surface area contributed by atoms with Crippen molar-refractivity contribution >= 4 is 11.8 Å². The Morgan fingerprint density at radius 3 is 2.90 bits per heavy atom. The van der Waals surface area contributed by atoms with E-state index in [4.69, 9.17) is 0 Å². The van der Waals surface area contributed by atoms with Gasteiger partial charge in [-0.2, -0.15) is 5.10 Å². The van der Waals surface area contributed by atoms with Gasteiger partial charge in [0, 0.05) is 13.1 Å². The van der Waals surface area contributed by atoms with Crippen LogP contribution in [0.25, 0.3) is 0 Å². The molecule has 1 aliphatic heterocycles. The maximum atomic E-state index is 12.3. The minimum atomic E-state index is -0.420. The van der Waals surface area contributed by atoms with E-state index in [-0.39, 0.29) is 11.8 Å². The van der Waals surface area contributed by atoms with Crippen LogP contribution >= 0.6 is 0 Å². The van der Waals surface area contributed by atoms with E-state index in [1.165, 1.54) is 0 Å². The Balaban J connectivity index is 2.11. The van der Waals surface area contributed by atoms with Crippen molar-refractivity contribution in [1.82, 2.24) is 20.4 Å². The first-order valence-electron chi connectivity index (χ1n) is 7.16. The summed E-state index contributed by atoms with van der Waals surface area (Å²) >= 11 is 0. The van der Waals surface area contributed by atoms with E-state index in [9.17, 15) is 9.59 Å². The molecule has 0 bridgehead atoms. The smallest absolute Gasteiger partial charge is 0.270 e. The second kappa shape index (κ2) is 6.07. The highest BCUT2D eigenvalue weighted by atomic mass is 16.2. The van der Waals surface area contributed by atoms with E-state index in [2.05, 4.69) is 29.6 Å². The Labute approximate surface area is 118 Å². The Bertz CT molecular complexity index is 507. The van der Waals surface area contributed by atoms with Crippen molar-refractivity contribution in [3.8, 4) is 0 Å². The highest BCUT2D eigenvalue weighted by molar-refractivity contribution is 5.96. The summed E-state index contributed by atoms with van der Waals surface area (Å²) in [7, 11) is 0. The zero-order valence-corrected chi connectivity index (χ0v) is 12.3. The van der Waals surface area contributed by atoms with Crippen molar-refractivity contribution in [2.75, 3.05) is 6.54 Å². The number of carbonyl (C=O) groups is 2. The number of hydrogen-bond acceptors (Lipinski definition) is 3. The van der Waals surface area contributed by atoms with Crippen molar-refractivity contribution in [2.45, 2.75) is 46.2 Å². The third kappa shape index (κ3) is 3.18. The van der Waals surface area contributed by atoms with Gasteiger partial charge in [-0.15, -0.1) is 0 Å². The summed E-state index contributed by atoms with van der Waals surface area (Å²) in [6.07, 6.45) is 1.49. The second-order valence-electron chi connectivity index (χ2n) is 5.54. The molecule has 0 aromatic carbocycles. The Hall–Kier alpha value is -1.85. The van der Waals surface area contributed by atoms with Crippen LogP contribution in [0.3, 0.4) is 0 Å². The van der Waals surface area contributed by atoms with Crippen LogP contribution in [0.5, 0.6) is 0 Å². The zero-order valence-electron chi connectivity index (χ0n) is 12.3. The Morgan fingerprint density at radius 2 is 2.35 bits per heavy atom. The van der Waals surface area contributed by atoms with Gasteiger partial charge >= 0.3 is 0 Å². The predicted octanol–water partition coefficient (Wildman–Crippen LogP) is 0.720. The SMILES string of the molecule is CCn1nc(CC(C)C)cc1C(=O)NC1CCNC1=O. The van der Waals surface area contributed by atoms with Gasteiger partial charge in [0.2, 0.25) is 5.91 Å². The predicted molar refractivity (Wildman–Crippen MR) is 75.3 cm³/mol. The average molecular weight is 278 g/mol. The Kier molecular flexibility index (Phi) is 4.42. The molecule has 1 aromatic heterocycles. The summed E-state index contributed by atoms with van der Waals surface area (Å²) in [6, 6.07) is 1.40. The average Bonchev–Trinajstić information content (AvgIpc) is 2.96. The number of amides is 2. The van der Waals surface area contributed by atoms with Gasteiger partial charge < -0.3 is 10.6 Å². The molecule has 0 radical (unpaired) electrons. The molecular formula is C14H22N4O2. The number of rotatable bonds is 5. The van der Waals surface area contributed by atoms with Crippen LogP contribution in [-0.2, 0) is 17.8 Å². The molecule has 20 heavy (non-hydrogen) atoms. The van der Waals surface area contributed by atoms with Crippen molar-refractivity contribution in [3.63, 3.8) is 0 Å². The third-order valence-corrected chi connectivity index (χ3v) is 3.33. The molecule has 2 amide bonds. The molecule has 1 saturated heterocycles. The quantitative estimate of drug-likeness (QED) is 0.833. The van der Waals surface area contributed by atoms with E-state index in [1.54, 1.807) is 4.68 Å². The van der Waals surface area contributed by atoms with Crippen LogP contribution in [0.15, 0.2) is 6.07 Å². The molecule has 2 heterocycles. The summed E-state index contributed by atoms with van der Waals surface area (Å²) in [6.45, 7) is 7.44. The number of nitrogens with one attached hydrogen (secondary N) is 2. The van der Waals surface area contributed by atoms with Crippen LogP contribution in [0.4, 0.5) is 0 Å². The first-order valence-corrected chi connectivity index (χ1v) is 7.16. The van der Waals surface area contributed by atoms with Crippen LogP contribution < -0.4 is 10.6 Å². The van der Waals surface area contributed by atoms with E-state index >= 15 is 0 Å². The fourth-order valence-corrected chi connectivity index (χ4v) is 2.38. The molecule has 2 rings (SSSR count). The van der Waals surface area contributed by atoms with Gasteiger partial charge in [0.1, 0.15) is 11.7 Å². The van der Waals surface area contributed by atoms with Crippen LogP contribution in [-0.4, -0.2) is 34.2 Å². The number of carbonyl (C=O) groups excluding carboxylic acids is 2. The molecule has 6 nitrogen and oxygen atoms in total. The molecule has 110 valence electrons. The Morgan fingerprint density at radius 1 is 1.60 bits per heavy atom. The summed E-state index contributed by atoms with van der Waals surface area (Å²) in [5, 5.41) is 9.92. The minimum Gasteiger partial charge on any atom is -0.354 e. The molecule has 1 atom stereocenters. The molecule has 0 aliphatic carbocycles. The van der Waals surface area contributed by atoms with E-state index in [0.717, 1.165) is 12.1 Å². The van der Waals surface area contributed by atoms with Gasteiger partial charge in [-0.25, -0.2) is 0 Å². The second-order valence-corrected chi connectivity index (χ2v) is 5.54. The van der Waals surface area contributed by atoms with E-state index < -0.39 is 6.04 Å². The van der Waals surface area contributed by atoms with Crippen molar-refractivity contribution in [2.24, 2.45) is 5.92 Å². The normalized spacial score (nSPS) is 18.4. The lowest BCUT2D eigenvalue weighted by Crippen LogP contribution is -2.40. The highest BCUT2D eigenvalue weighted by Gasteiger charge is 2.27. The zero-order chi connectivity index (χ0) is 14.7. The maximum absolute atomic E-state index is 12.3. The number of aromatic nitrogens is 2. The van der Waals surface area contributed by atoms with Gasteiger partial charge in [0.25, 0.3) is 5.91 Å². The molecule has 0 saturated carbocycles.